The molecule has 0 spiro atoms. The molecule has 0 rings (SSSR count). The summed E-state index contributed by atoms with van der Waals surface area (Å²) in [6.07, 6.45) is -19.2. The van der Waals surface area contributed by atoms with Gasteiger partial charge in [0.25, 0.3) is 0 Å². The largest absolute Gasteiger partial charge is 0.394 e. The minimum Gasteiger partial charge on any atom is -0.394 e. The summed E-state index contributed by atoms with van der Waals surface area (Å²) in [4.78, 5) is 0. The van der Waals surface area contributed by atoms with Gasteiger partial charge >= 0.3 is 0 Å². The molecule has 0 bridgehead atoms. The molecule has 12 atom stereocenters. The first-order chi connectivity index (χ1) is 16.6. The van der Waals surface area contributed by atoms with Crippen LogP contribution in [0.25, 0.3) is 0 Å². The molecule has 0 fully saturated rings. The van der Waals surface area contributed by atoms with E-state index in [1.807, 2.05) is 0 Å². The van der Waals surface area contributed by atoms with Crippen LogP contribution in [0.2, 0.25) is 0 Å². The molecule has 0 aliphatic heterocycles. The summed E-state index contributed by atoms with van der Waals surface area (Å²) in [7, 11) is 0. The maximum atomic E-state index is 8.96. The van der Waals surface area contributed by atoms with Crippen molar-refractivity contribution in [3.63, 3.8) is 0 Å². The van der Waals surface area contributed by atoms with Crippen LogP contribution < -0.4 is 0 Å². The molecule has 0 amide bonds. The van der Waals surface area contributed by atoms with Gasteiger partial charge in [-0.15, -0.1) is 0 Å². The Bertz CT molecular complexity index is 405. The molecule has 0 saturated carbocycles. The van der Waals surface area contributed by atoms with Crippen molar-refractivity contribution in [2.24, 2.45) is 0 Å². The Morgan fingerprint density at radius 1 is 0.214 bits per heavy atom. The van der Waals surface area contributed by atoms with Gasteiger partial charge in [0.1, 0.15) is 73.2 Å². The van der Waals surface area contributed by atoms with Gasteiger partial charge in [-0.05, 0) is 0 Å². The first-order valence-electron chi connectivity index (χ1n) is 10.4. The monoisotopic (exact) mass is 786 g/mol. The van der Waals surface area contributed by atoms with Crippen LogP contribution in [-0.4, -0.2) is 205 Å². The van der Waals surface area contributed by atoms with Crippen LogP contribution >= 0.6 is 0 Å². The number of rotatable bonds is 15. The number of aliphatic hydroxyl groups excluding tert-OH is 18. The maximum absolute atomic E-state index is 8.96. The van der Waals surface area contributed by atoms with Crippen LogP contribution in [0.4, 0.5) is 0 Å². The minimum atomic E-state index is -1.67. The van der Waals surface area contributed by atoms with E-state index in [0.717, 1.165) is 0 Å². The van der Waals surface area contributed by atoms with Gasteiger partial charge in [-0.1, -0.05) is 0 Å². The van der Waals surface area contributed by atoms with E-state index in [0.29, 0.717) is 0 Å². The van der Waals surface area contributed by atoms with Crippen LogP contribution in [0, 0.1) is 226 Å². The van der Waals surface area contributed by atoms with E-state index in [2.05, 4.69) is 0 Å². The first kappa shape index (κ1) is 70.4. The third kappa shape index (κ3) is 32.7. The van der Waals surface area contributed by atoms with E-state index in [9.17, 15) is 0 Å². The topological polar surface area (TPSA) is 364 Å². The molecule has 0 radical (unpaired) electrons. The Hall–Kier alpha value is 6.84. The predicted molar refractivity (Wildman–Crippen MR) is 115 cm³/mol. The van der Waals surface area contributed by atoms with Crippen molar-refractivity contribution in [2.45, 2.75) is 73.2 Å². The fourth-order valence-corrected chi connectivity index (χ4v) is 2.01. The SMILES string of the molecule is OC[C@@H](O)[C@@H](O)[C@H](O)[C@@H](O)CO.OC[C@@H](O)[C@@H](O)[C@H](O)[C@@H](O)CO.OC[C@@H](O)[C@@H](O)[C@H](O)[C@@H](O)CO.[Ar].[Ar].[Ar].[Ar].[Ar].[Ar]. The summed E-state index contributed by atoms with van der Waals surface area (Å²) in [6, 6.07) is 0. The Morgan fingerprint density at radius 2 is 0.286 bits per heavy atom. The molecule has 0 aliphatic rings. The van der Waals surface area contributed by atoms with E-state index in [-0.39, 0.29) is 226 Å². The molecular weight excluding hydrogens is 744 g/mol. The molecule has 0 aliphatic carbocycles. The van der Waals surface area contributed by atoms with E-state index in [1.54, 1.807) is 0 Å². The standard InChI is InChI=1S/3C6H14O6.6Ar/c3*7-1-3(9)5(11)6(12)4(10)2-8;;;;;;/h3*3-12H,1-2H2;;;;;;/t3*3-,4+,5-,6-;;;;;;/m111....../s1. The van der Waals surface area contributed by atoms with Crippen molar-refractivity contribution in [2.75, 3.05) is 39.6 Å². The average molecular weight is 786 g/mol. The minimum absolute atomic E-state index is 0. The van der Waals surface area contributed by atoms with Crippen molar-refractivity contribution >= 4 is 0 Å². The summed E-state index contributed by atoms with van der Waals surface area (Å²) >= 11 is 0. The molecule has 24 heteroatoms. The van der Waals surface area contributed by atoms with Gasteiger partial charge in [0.2, 0.25) is 0 Å². The van der Waals surface area contributed by atoms with Crippen molar-refractivity contribution in [3.05, 3.63) is 0 Å². The molecule has 42 heavy (non-hydrogen) atoms. The summed E-state index contributed by atoms with van der Waals surface area (Å²) in [5.41, 5.74) is 0. The normalized spacial score (nSPS) is 18.4. The first-order valence-corrected chi connectivity index (χ1v) is 10.4. The third-order valence-electron chi connectivity index (χ3n) is 4.54. The zero-order valence-electron chi connectivity index (χ0n) is 21.3. The Kier molecular flexibility index (Phi) is 73.8. The predicted octanol–water partition coefficient (Wildman–Crippen LogP) is -10.8. The third-order valence-corrected chi connectivity index (χ3v) is 4.54. The zero-order chi connectivity index (χ0) is 29.2. The van der Waals surface area contributed by atoms with Crippen LogP contribution in [-0.2, 0) is 0 Å². The van der Waals surface area contributed by atoms with Crippen LogP contribution in [0.5, 0.6) is 0 Å². The van der Waals surface area contributed by atoms with Crippen molar-refractivity contribution in [1.29, 1.82) is 0 Å². The van der Waals surface area contributed by atoms with Crippen LogP contribution in [0.15, 0.2) is 0 Å². The number of hydrogen-bond donors (Lipinski definition) is 18. The fourth-order valence-electron chi connectivity index (χ4n) is 2.01. The molecule has 270 valence electrons. The second-order valence-corrected chi connectivity index (χ2v) is 7.44. The van der Waals surface area contributed by atoms with Gasteiger partial charge in [0.05, 0.1) is 39.6 Å². The number of hydrogen-bond acceptors (Lipinski definition) is 18. The van der Waals surface area contributed by atoms with Gasteiger partial charge in [0, 0.05) is 226 Å². The smallest absolute Gasteiger partial charge is 0.111 e. The second-order valence-electron chi connectivity index (χ2n) is 7.44. The summed E-state index contributed by atoms with van der Waals surface area (Å²) in [5, 5.41) is 157. The molecule has 0 aromatic carbocycles. The van der Waals surface area contributed by atoms with E-state index in [4.69, 9.17) is 91.9 Å². The molecule has 18 N–H and O–H groups in total. The van der Waals surface area contributed by atoms with Gasteiger partial charge in [-0.3, -0.25) is 0 Å². The van der Waals surface area contributed by atoms with Crippen molar-refractivity contribution < 1.29 is 318 Å². The van der Waals surface area contributed by atoms with Crippen LogP contribution in [0.3, 0.4) is 0 Å². The maximum Gasteiger partial charge on any atom is 0.111 e. The van der Waals surface area contributed by atoms with Gasteiger partial charge in [-0.2, -0.15) is 0 Å². The second kappa shape index (κ2) is 44.0. The Balaban J connectivity index is -0.0000000519. The quantitative estimate of drug-likeness (QED) is 0.0733. The molecular formula is C18H42Ar6O18. The van der Waals surface area contributed by atoms with E-state index in [1.165, 1.54) is 0 Å². The Morgan fingerprint density at radius 3 is 0.333 bits per heavy atom. The van der Waals surface area contributed by atoms with Gasteiger partial charge < -0.3 is 91.9 Å². The zero-order valence-corrected chi connectivity index (χ0v) is 25.6. The van der Waals surface area contributed by atoms with Gasteiger partial charge in [0.15, 0.2) is 0 Å². The Labute approximate surface area is 422 Å². The molecule has 0 heterocycles. The van der Waals surface area contributed by atoms with Gasteiger partial charge in [-0.25, -0.2) is 0 Å². The average Bonchev–Trinajstić information content (AvgIpc) is 2.92. The van der Waals surface area contributed by atoms with Crippen molar-refractivity contribution in [3.8, 4) is 0 Å². The summed E-state index contributed by atoms with van der Waals surface area (Å²) < 4.78 is 0. The van der Waals surface area contributed by atoms with E-state index < -0.39 is 113 Å². The van der Waals surface area contributed by atoms with E-state index >= 15 is 0 Å². The summed E-state index contributed by atoms with van der Waals surface area (Å²) in [5.74, 6) is 0. The molecule has 0 aromatic rings. The number of aliphatic hydroxyl groups is 18. The molecule has 18 nitrogen and oxygen atoms in total. The molecule has 0 saturated heterocycles. The van der Waals surface area contributed by atoms with Crippen molar-refractivity contribution in [1.82, 2.24) is 0 Å². The molecule has 0 unspecified atom stereocenters. The van der Waals surface area contributed by atoms with Crippen LogP contribution in [0.1, 0.15) is 0 Å². The molecule has 0 aromatic heterocycles. The summed E-state index contributed by atoms with van der Waals surface area (Å²) in [6.45, 7) is -4.35. The fraction of sp³-hybridized carbons (Fsp3) is 1.00.